The van der Waals surface area contributed by atoms with Crippen molar-refractivity contribution in [3.8, 4) is 0 Å². The molecule has 2 saturated carbocycles. The summed E-state index contributed by atoms with van der Waals surface area (Å²) in [6.07, 6.45) is 11.0. The fraction of sp³-hybridized carbons (Fsp3) is 0.944. The molecule has 2 aliphatic rings. The minimum Gasteiger partial charge on any atom is -0.458 e. The van der Waals surface area contributed by atoms with Gasteiger partial charge in [-0.3, -0.25) is 4.79 Å². The van der Waals surface area contributed by atoms with E-state index in [-0.39, 0.29) is 17.0 Å². The van der Waals surface area contributed by atoms with Gasteiger partial charge in [0.05, 0.1) is 5.41 Å². The minimum absolute atomic E-state index is 0.0151. The first kappa shape index (κ1) is 15.9. The van der Waals surface area contributed by atoms with Gasteiger partial charge in [0.2, 0.25) is 0 Å². The highest BCUT2D eigenvalue weighted by Crippen LogP contribution is 2.47. The molecule has 0 spiro atoms. The molecule has 0 saturated heterocycles. The van der Waals surface area contributed by atoms with Crippen LogP contribution in [0.4, 0.5) is 0 Å². The molecule has 2 heteroatoms. The van der Waals surface area contributed by atoms with Gasteiger partial charge in [0.25, 0.3) is 0 Å². The number of hydrogen-bond acceptors (Lipinski definition) is 2. The molecule has 0 aromatic carbocycles. The molecule has 0 heterocycles. The topological polar surface area (TPSA) is 26.3 Å². The molecule has 2 nitrogen and oxygen atoms in total. The fourth-order valence-corrected chi connectivity index (χ4v) is 3.98. The lowest BCUT2D eigenvalue weighted by Gasteiger charge is -2.42. The van der Waals surface area contributed by atoms with Crippen molar-refractivity contribution < 1.29 is 9.53 Å². The molecule has 2 rings (SSSR count). The largest absolute Gasteiger partial charge is 0.458 e. The van der Waals surface area contributed by atoms with E-state index in [1.54, 1.807) is 0 Å². The molecule has 2 aliphatic carbocycles. The van der Waals surface area contributed by atoms with Gasteiger partial charge in [-0.2, -0.15) is 0 Å². The molecule has 20 heavy (non-hydrogen) atoms. The third kappa shape index (κ3) is 3.04. The third-order valence-electron chi connectivity index (χ3n) is 6.08. The summed E-state index contributed by atoms with van der Waals surface area (Å²) in [6.45, 7) is 8.34. The summed E-state index contributed by atoms with van der Waals surface area (Å²) in [5.74, 6) is 1.19. The molecular weight excluding hydrogens is 248 g/mol. The van der Waals surface area contributed by atoms with Gasteiger partial charge in [-0.1, -0.05) is 32.6 Å². The Morgan fingerprint density at radius 3 is 1.70 bits per heavy atom. The van der Waals surface area contributed by atoms with E-state index in [4.69, 9.17) is 4.74 Å². The summed E-state index contributed by atoms with van der Waals surface area (Å²) in [7, 11) is 0. The van der Waals surface area contributed by atoms with Crippen LogP contribution in [0.2, 0.25) is 0 Å². The first-order valence-corrected chi connectivity index (χ1v) is 8.63. The number of esters is 1. The molecule has 0 radical (unpaired) electrons. The van der Waals surface area contributed by atoms with Crippen LogP contribution < -0.4 is 0 Å². The Kier molecular flexibility index (Phi) is 4.81. The zero-order valence-electron chi connectivity index (χ0n) is 13.8. The second-order valence-electron chi connectivity index (χ2n) is 7.77. The van der Waals surface area contributed by atoms with Crippen LogP contribution in [0.3, 0.4) is 0 Å². The van der Waals surface area contributed by atoms with Gasteiger partial charge >= 0.3 is 5.97 Å². The summed E-state index contributed by atoms with van der Waals surface area (Å²) >= 11 is 0. The standard InChI is InChI=1S/C18H32O2/c1-5-17(2,3)16(19)20-18(4,14-10-6-7-11-14)15-12-8-9-13-15/h14-15H,5-13H2,1-4H3. The van der Waals surface area contributed by atoms with Crippen molar-refractivity contribution in [2.75, 3.05) is 0 Å². The molecule has 116 valence electrons. The fourth-order valence-electron chi connectivity index (χ4n) is 3.98. The van der Waals surface area contributed by atoms with E-state index in [2.05, 4.69) is 13.8 Å². The van der Waals surface area contributed by atoms with Crippen LogP contribution in [-0.4, -0.2) is 11.6 Å². The van der Waals surface area contributed by atoms with E-state index < -0.39 is 0 Å². The van der Waals surface area contributed by atoms with Crippen molar-refractivity contribution in [1.82, 2.24) is 0 Å². The zero-order valence-corrected chi connectivity index (χ0v) is 13.8. The Labute approximate surface area is 124 Å². The molecule has 0 aromatic rings. The van der Waals surface area contributed by atoms with Crippen LogP contribution >= 0.6 is 0 Å². The normalized spacial score (nSPS) is 22.4. The second-order valence-corrected chi connectivity index (χ2v) is 7.77. The predicted molar refractivity (Wildman–Crippen MR) is 82.5 cm³/mol. The Balaban J connectivity index is 2.15. The predicted octanol–water partition coefficient (Wildman–Crippen LogP) is 5.10. The number of ether oxygens (including phenoxy) is 1. The number of carbonyl (C=O) groups excluding carboxylic acids is 1. The molecule has 0 bridgehead atoms. The van der Waals surface area contributed by atoms with Crippen LogP contribution in [0.25, 0.3) is 0 Å². The first-order chi connectivity index (χ1) is 9.40. The van der Waals surface area contributed by atoms with Crippen LogP contribution in [0.1, 0.15) is 85.5 Å². The highest BCUT2D eigenvalue weighted by molar-refractivity contribution is 5.76. The van der Waals surface area contributed by atoms with Crippen molar-refractivity contribution >= 4 is 5.97 Å². The Morgan fingerprint density at radius 1 is 0.950 bits per heavy atom. The van der Waals surface area contributed by atoms with Crippen molar-refractivity contribution in [2.24, 2.45) is 17.3 Å². The summed E-state index contributed by atoms with van der Waals surface area (Å²) in [5, 5.41) is 0. The van der Waals surface area contributed by atoms with E-state index in [1.165, 1.54) is 51.4 Å². The minimum atomic E-state index is -0.349. The molecule has 2 fully saturated rings. The molecule has 0 atom stereocenters. The molecular formula is C18H32O2. The van der Waals surface area contributed by atoms with Crippen LogP contribution in [0, 0.1) is 17.3 Å². The van der Waals surface area contributed by atoms with E-state index in [0.717, 1.165) is 6.42 Å². The molecule has 0 aliphatic heterocycles. The van der Waals surface area contributed by atoms with Gasteiger partial charge in [0.15, 0.2) is 0 Å². The maximum absolute atomic E-state index is 12.6. The monoisotopic (exact) mass is 280 g/mol. The molecule has 0 amide bonds. The lowest BCUT2D eigenvalue weighted by Crippen LogP contribution is -2.47. The highest BCUT2D eigenvalue weighted by atomic mass is 16.6. The van der Waals surface area contributed by atoms with Crippen LogP contribution in [-0.2, 0) is 9.53 Å². The van der Waals surface area contributed by atoms with Crippen LogP contribution in [0.5, 0.6) is 0 Å². The van der Waals surface area contributed by atoms with Gasteiger partial charge < -0.3 is 4.74 Å². The third-order valence-corrected chi connectivity index (χ3v) is 6.08. The zero-order chi connectivity index (χ0) is 14.8. The summed E-state index contributed by atoms with van der Waals surface area (Å²) in [4.78, 5) is 12.6. The van der Waals surface area contributed by atoms with Gasteiger partial charge in [-0.15, -0.1) is 0 Å². The summed E-state index contributed by atoms with van der Waals surface area (Å²) in [6, 6.07) is 0. The number of carbonyl (C=O) groups is 1. The van der Waals surface area contributed by atoms with Crippen LogP contribution in [0.15, 0.2) is 0 Å². The van der Waals surface area contributed by atoms with Crippen molar-refractivity contribution in [1.29, 1.82) is 0 Å². The van der Waals surface area contributed by atoms with Crippen molar-refractivity contribution in [3.05, 3.63) is 0 Å². The van der Waals surface area contributed by atoms with Gasteiger partial charge in [-0.05, 0) is 64.7 Å². The lowest BCUT2D eigenvalue weighted by molar-refractivity contribution is -0.182. The Morgan fingerprint density at radius 2 is 1.35 bits per heavy atom. The molecule has 0 unspecified atom stereocenters. The second kappa shape index (κ2) is 6.07. The Bertz CT molecular complexity index is 317. The quantitative estimate of drug-likeness (QED) is 0.654. The molecule has 0 N–H and O–H groups in total. The van der Waals surface area contributed by atoms with E-state index in [1.807, 2.05) is 13.8 Å². The average molecular weight is 280 g/mol. The molecule has 0 aromatic heterocycles. The van der Waals surface area contributed by atoms with Gasteiger partial charge in [0.1, 0.15) is 5.60 Å². The highest BCUT2D eigenvalue weighted by Gasteiger charge is 2.47. The van der Waals surface area contributed by atoms with E-state index in [9.17, 15) is 4.79 Å². The maximum atomic E-state index is 12.6. The summed E-state index contributed by atoms with van der Waals surface area (Å²) < 4.78 is 6.22. The van der Waals surface area contributed by atoms with Gasteiger partial charge in [-0.25, -0.2) is 0 Å². The smallest absolute Gasteiger partial charge is 0.312 e. The van der Waals surface area contributed by atoms with E-state index in [0.29, 0.717) is 11.8 Å². The maximum Gasteiger partial charge on any atom is 0.312 e. The number of hydrogen-bond donors (Lipinski definition) is 0. The average Bonchev–Trinajstić information content (AvgIpc) is 3.11. The van der Waals surface area contributed by atoms with Crippen molar-refractivity contribution in [3.63, 3.8) is 0 Å². The summed E-state index contributed by atoms with van der Waals surface area (Å²) in [5.41, 5.74) is -0.561. The number of rotatable bonds is 5. The lowest BCUT2D eigenvalue weighted by atomic mass is 9.75. The van der Waals surface area contributed by atoms with Gasteiger partial charge in [0, 0.05) is 0 Å². The van der Waals surface area contributed by atoms with E-state index >= 15 is 0 Å². The van der Waals surface area contributed by atoms with Crippen molar-refractivity contribution in [2.45, 2.75) is 91.1 Å². The first-order valence-electron chi connectivity index (χ1n) is 8.63. The SMILES string of the molecule is CCC(C)(C)C(=O)OC(C)(C1CCCC1)C1CCCC1. The Hall–Kier alpha value is -0.530.